The van der Waals surface area contributed by atoms with Gasteiger partial charge in [0.1, 0.15) is 0 Å². The van der Waals surface area contributed by atoms with Gasteiger partial charge in [-0.05, 0) is 46.2 Å². The zero-order chi connectivity index (χ0) is 19.5. The van der Waals surface area contributed by atoms with Crippen LogP contribution in [0.15, 0.2) is 0 Å². The first-order chi connectivity index (χ1) is 12.6. The van der Waals surface area contributed by atoms with Crippen LogP contribution >= 0.6 is 0 Å². The second-order valence-corrected chi connectivity index (χ2v) is 9.15. The summed E-state index contributed by atoms with van der Waals surface area (Å²) in [4.78, 5) is 2.85. The van der Waals surface area contributed by atoms with Crippen molar-refractivity contribution in [2.24, 2.45) is 0 Å². The molecule has 0 radical (unpaired) electrons. The molecule has 0 bridgehead atoms. The van der Waals surface area contributed by atoms with Crippen LogP contribution in [0, 0.1) is 0 Å². The topological polar surface area (TPSA) is 3.24 Å². The highest BCUT2D eigenvalue weighted by atomic mass is 15.2. The van der Waals surface area contributed by atoms with Gasteiger partial charge in [-0.1, -0.05) is 111 Å². The van der Waals surface area contributed by atoms with E-state index < -0.39 is 0 Å². The van der Waals surface area contributed by atoms with Crippen molar-refractivity contribution in [1.29, 1.82) is 0 Å². The fourth-order valence-electron chi connectivity index (χ4n) is 4.03. The Bertz CT molecular complexity index is 255. The molecule has 0 fully saturated rings. The van der Waals surface area contributed by atoms with Gasteiger partial charge in [0.15, 0.2) is 0 Å². The van der Waals surface area contributed by atoms with Crippen molar-refractivity contribution in [2.75, 3.05) is 13.1 Å². The minimum atomic E-state index is 0.389. The van der Waals surface area contributed by atoms with Gasteiger partial charge in [0.05, 0.1) is 0 Å². The molecule has 26 heavy (non-hydrogen) atoms. The summed E-state index contributed by atoms with van der Waals surface area (Å²) in [7, 11) is 0. The summed E-state index contributed by atoms with van der Waals surface area (Å²) in [6, 6.07) is 0. The number of hydrogen-bond acceptors (Lipinski definition) is 1. The van der Waals surface area contributed by atoms with Gasteiger partial charge in [0.2, 0.25) is 0 Å². The summed E-state index contributed by atoms with van der Waals surface area (Å²) < 4.78 is 0. The lowest BCUT2D eigenvalue weighted by Gasteiger charge is -2.39. The highest BCUT2D eigenvalue weighted by molar-refractivity contribution is 4.81. The predicted molar refractivity (Wildman–Crippen MR) is 121 cm³/mol. The second kappa shape index (κ2) is 18.3. The Hall–Kier alpha value is -0.0400. The van der Waals surface area contributed by atoms with Crippen LogP contribution in [-0.4, -0.2) is 23.5 Å². The average molecular weight is 368 g/mol. The minimum absolute atomic E-state index is 0.389. The maximum absolute atomic E-state index is 2.85. The van der Waals surface area contributed by atoms with E-state index in [1.165, 1.54) is 122 Å². The van der Waals surface area contributed by atoms with E-state index in [9.17, 15) is 0 Å². The number of rotatable bonds is 20. The van der Waals surface area contributed by atoms with Crippen LogP contribution in [-0.2, 0) is 0 Å². The van der Waals surface area contributed by atoms with Crippen LogP contribution < -0.4 is 0 Å². The molecule has 0 N–H and O–H groups in total. The maximum atomic E-state index is 2.85. The zero-order valence-electron chi connectivity index (χ0n) is 19.4. The zero-order valence-corrected chi connectivity index (χ0v) is 19.4. The summed E-state index contributed by atoms with van der Waals surface area (Å²) >= 11 is 0. The molecular formula is C25H53N. The SMILES string of the molecule is CCCCCCCCN(CCCCCCCC)C(C)(C)CCCCCC. The molecule has 0 heterocycles. The first kappa shape index (κ1) is 26.0. The molecule has 0 rings (SSSR count). The average Bonchev–Trinajstić information content (AvgIpc) is 2.62. The summed E-state index contributed by atoms with van der Waals surface area (Å²) in [5, 5.41) is 0. The molecule has 0 atom stereocenters. The minimum Gasteiger partial charge on any atom is -0.298 e. The van der Waals surface area contributed by atoms with Crippen LogP contribution in [0.2, 0.25) is 0 Å². The molecule has 0 aliphatic heterocycles. The first-order valence-corrected chi connectivity index (χ1v) is 12.3. The van der Waals surface area contributed by atoms with Crippen LogP contribution in [0.5, 0.6) is 0 Å². The van der Waals surface area contributed by atoms with Gasteiger partial charge in [0, 0.05) is 5.54 Å². The van der Waals surface area contributed by atoms with Crippen LogP contribution in [0.1, 0.15) is 144 Å². The Balaban J connectivity index is 4.23. The Kier molecular flexibility index (Phi) is 18.3. The number of hydrogen-bond donors (Lipinski definition) is 0. The third-order valence-electron chi connectivity index (χ3n) is 6.06. The van der Waals surface area contributed by atoms with E-state index in [4.69, 9.17) is 0 Å². The van der Waals surface area contributed by atoms with Gasteiger partial charge < -0.3 is 0 Å². The molecule has 0 aromatic rings. The molecule has 0 aromatic carbocycles. The highest BCUT2D eigenvalue weighted by Gasteiger charge is 2.25. The molecule has 0 aliphatic rings. The molecule has 0 aromatic heterocycles. The van der Waals surface area contributed by atoms with E-state index in [1.54, 1.807) is 0 Å². The number of unbranched alkanes of at least 4 members (excludes halogenated alkanes) is 13. The van der Waals surface area contributed by atoms with E-state index in [2.05, 4.69) is 39.5 Å². The Morgan fingerprint density at radius 1 is 0.462 bits per heavy atom. The standard InChI is InChI=1S/C25H53N/c1-6-9-12-15-17-20-23-26(24-21-18-16-13-10-7-2)25(4,5)22-19-14-11-8-3/h6-24H2,1-5H3. The number of nitrogens with zero attached hydrogens (tertiary/aromatic N) is 1. The predicted octanol–water partition coefficient (Wildman–Crippen LogP) is 8.76. The molecule has 0 amide bonds. The van der Waals surface area contributed by atoms with Crippen molar-refractivity contribution in [3.8, 4) is 0 Å². The molecule has 1 nitrogen and oxygen atoms in total. The lowest BCUT2D eigenvalue weighted by atomic mass is 9.93. The monoisotopic (exact) mass is 367 g/mol. The van der Waals surface area contributed by atoms with Crippen LogP contribution in [0.3, 0.4) is 0 Å². The first-order valence-electron chi connectivity index (χ1n) is 12.3. The van der Waals surface area contributed by atoms with Crippen molar-refractivity contribution < 1.29 is 0 Å². The van der Waals surface area contributed by atoms with Crippen molar-refractivity contribution >= 4 is 0 Å². The molecule has 158 valence electrons. The van der Waals surface area contributed by atoms with Crippen LogP contribution in [0.25, 0.3) is 0 Å². The molecule has 0 saturated carbocycles. The van der Waals surface area contributed by atoms with E-state index in [0.717, 1.165) is 0 Å². The molecular weight excluding hydrogens is 314 g/mol. The van der Waals surface area contributed by atoms with Crippen molar-refractivity contribution in [3.63, 3.8) is 0 Å². The van der Waals surface area contributed by atoms with E-state index in [1.807, 2.05) is 0 Å². The van der Waals surface area contributed by atoms with Crippen LogP contribution in [0.4, 0.5) is 0 Å². The van der Waals surface area contributed by atoms with Crippen molar-refractivity contribution in [1.82, 2.24) is 4.90 Å². The largest absolute Gasteiger partial charge is 0.298 e. The molecule has 1 heteroatoms. The summed E-state index contributed by atoms with van der Waals surface area (Å²) in [6.07, 6.45) is 23.9. The molecule has 0 unspecified atom stereocenters. The Morgan fingerprint density at radius 2 is 0.808 bits per heavy atom. The van der Waals surface area contributed by atoms with Gasteiger partial charge >= 0.3 is 0 Å². The van der Waals surface area contributed by atoms with Crippen molar-refractivity contribution in [2.45, 2.75) is 149 Å². The molecule has 0 saturated heterocycles. The van der Waals surface area contributed by atoms with Crippen molar-refractivity contribution in [3.05, 3.63) is 0 Å². The van der Waals surface area contributed by atoms with Gasteiger partial charge in [0.25, 0.3) is 0 Å². The third-order valence-corrected chi connectivity index (χ3v) is 6.06. The van der Waals surface area contributed by atoms with E-state index >= 15 is 0 Å². The Morgan fingerprint density at radius 3 is 1.23 bits per heavy atom. The smallest absolute Gasteiger partial charge is 0.0153 e. The highest BCUT2D eigenvalue weighted by Crippen LogP contribution is 2.24. The maximum Gasteiger partial charge on any atom is 0.0153 e. The summed E-state index contributed by atoms with van der Waals surface area (Å²) in [5.41, 5.74) is 0.389. The quantitative estimate of drug-likeness (QED) is 0.194. The summed E-state index contributed by atoms with van der Waals surface area (Å²) in [5.74, 6) is 0. The molecule has 0 aliphatic carbocycles. The van der Waals surface area contributed by atoms with E-state index in [0.29, 0.717) is 5.54 Å². The lowest BCUT2D eigenvalue weighted by molar-refractivity contribution is 0.102. The Labute approximate surface area is 167 Å². The third kappa shape index (κ3) is 15.1. The summed E-state index contributed by atoms with van der Waals surface area (Å²) in [6.45, 7) is 14.6. The normalized spacial score (nSPS) is 12.2. The van der Waals surface area contributed by atoms with E-state index in [-0.39, 0.29) is 0 Å². The lowest BCUT2D eigenvalue weighted by Crippen LogP contribution is -2.45. The second-order valence-electron chi connectivity index (χ2n) is 9.15. The van der Waals surface area contributed by atoms with Gasteiger partial charge in [-0.25, -0.2) is 0 Å². The van der Waals surface area contributed by atoms with Gasteiger partial charge in [-0.2, -0.15) is 0 Å². The molecule has 0 spiro atoms. The van der Waals surface area contributed by atoms with Gasteiger partial charge in [-0.3, -0.25) is 4.90 Å². The fourth-order valence-corrected chi connectivity index (χ4v) is 4.03. The van der Waals surface area contributed by atoms with Gasteiger partial charge in [-0.15, -0.1) is 0 Å². The fraction of sp³-hybridized carbons (Fsp3) is 1.00.